The van der Waals surface area contributed by atoms with Crippen LogP contribution in [0, 0.1) is 11.6 Å². The van der Waals surface area contributed by atoms with Gasteiger partial charge >= 0.3 is 0 Å². The number of benzene rings is 1. The summed E-state index contributed by atoms with van der Waals surface area (Å²) in [5.74, 6) is -0.982. The maximum Gasteiger partial charge on any atom is 0.149 e. The molecule has 0 saturated carbocycles. The molecule has 0 aliphatic carbocycles. The summed E-state index contributed by atoms with van der Waals surface area (Å²) in [6.07, 6.45) is 1.54. The van der Waals surface area contributed by atoms with Crippen LogP contribution >= 0.6 is 15.9 Å². The zero-order valence-electron chi connectivity index (χ0n) is 7.62. The van der Waals surface area contributed by atoms with Crippen LogP contribution in [0.25, 0.3) is 5.69 Å². The first-order valence-corrected chi connectivity index (χ1v) is 5.39. The summed E-state index contributed by atoms with van der Waals surface area (Å²) in [5.41, 5.74) is 0.883. The molecule has 0 aliphatic heterocycles. The molecule has 1 aromatic heterocycles. The van der Waals surface area contributed by atoms with Crippen LogP contribution in [0.3, 0.4) is 0 Å². The van der Waals surface area contributed by atoms with Crippen molar-refractivity contribution in [1.82, 2.24) is 9.78 Å². The van der Waals surface area contributed by atoms with E-state index in [-0.39, 0.29) is 5.69 Å². The minimum Gasteiger partial charge on any atom is -0.234 e. The van der Waals surface area contributed by atoms with Gasteiger partial charge in [0.05, 0.1) is 5.69 Å². The number of alkyl halides is 1. The number of aromatic nitrogens is 2. The van der Waals surface area contributed by atoms with Gasteiger partial charge < -0.3 is 0 Å². The Balaban J connectivity index is 2.58. The highest BCUT2D eigenvalue weighted by molar-refractivity contribution is 9.08. The summed E-state index contributed by atoms with van der Waals surface area (Å²) in [7, 11) is 0. The van der Waals surface area contributed by atoms with Crippen LogP contribution < -0.4 is 0 Å². The lowest BCUT2D eigenvalue weighted by molar-refractivity contribution is 0.585. The molecule has 0 spiro atoms. The Bertz CT molecular complexity index is 482. The molecule has 0 radical (unpaired) electrons. The molecule has 0 atom stereocenters. The van der Waals surface area contributed by atoms with Crippen molar-refractivity contribution < 1.29 is 8.78 Å². The minimum atomic E-state index is -0.498. The number of nitrogens with zero attached hydrogens (tertiary/aromatic N) is 2. The van der Waals surface area contributed by atoms with Crippen molar-refractivity contribution in [2.45, 2.75) is 5.33 Å². The van der Waals surface area contributed by atoms with E-state index in [1.807, 2.05) is 0 Å². The van der Waals surface area contributed by atoms with Gasteiger partial charge in [-0.05, 0) is 18.2 Å². The molecule has 0 aliphatic rings. The largest absolute Gasteiger partial charge is 0.234 e. The molecular weight excluding hydrogens is 266 g/mol. The molecule has 1 aromatic carbocycles. The minimum absolute atomic E-state index is 0.120. The van der Waals surface area contributed by atoms with Gasteiger partial charge in [0.2, 0.25) is 0 Å². The summed E-state index contributed by atoms with van der Waals surface area (Å²) >= 11 is 3.25. The van der Waals surface area contributed by atoms with E-state index in [1.54, 1.807) is 12.3 Å². The zero-order valence-corrected chi connectivity index (χ0v) is 9.21. The second-order valence-electron chi connectivity index (χ2n) is 2.96. The van der Waals surface area contributed by atoms with Crippen molar-refractivity contribution in [2.75, 3.05) is 0 Å². The third-order valence-corrected chi connectivity index (χ3v) is 2.57. The molecule has 0 saturated heterocycles. The smallest absolute Gasteiger partial charge is 0.149 e. The Morgan fingerprint density at radius 2 is 2.07 bits per heavy atom. The normalized spacial score (nSPS) is 10.6. The topological polar surface area (TPSA) is 17.8 Å². The third-order valence-electron chi connectivity index (χ3n) is 1.99. The quantitative estimate of drug-likeness (QED) is 0.769. The highest BCUT2D eigenvalue weighted by Gasteiger charge is 2.09. The predicted octanol–water partition coefficient (Wildman–Crippen LogP) is 3.05. The van der Waals surface area contributed by atoms with Gasteiger partial charge in [-0.1, -0.05) is 15.9 Å². The van der Waals surface area contributed by atoms with E-state index in [2.05, 4.69) is 21.0 Å². The van der Waals surface area contributed by atoms with Gasteiger partial charge in [0.1, 0.15) is 17.3 Å². The molecule has 78 valence electrons. The fraction of sp³-hybridized carbons (Fsp3) is 0.100. The molecule has 0 fully saturated rings. The van der Waals surface area contributed by atoms with Gasteiger partial charge in [0.25, 0.3) is 0 Å². The van der Waals surface area contributed by atoms with E-state index in [9.17, 15) is 8.78 Å². The van der Waals surface area contributed by atoms with Gasteiger partial charge in [-0.15, -0.1) is 0 Å². The summed E-state index contributed by atoms with van der Waals surface area (Å²) in [6, 6.07) is 5.02. The van der Waals surface area contributed by atoms with Gasteiger partial charge in [0.15, 0.2) is 0 Å². The van der Waals surface area contributed by atoms with E-state index in [0.29, 0.717) is 5.33 Å². The lowest BCUT2D eigenvalue weighted by Gasteiger charge is -2.06. The second-order valence-corrected chi connectivity index (χ2v) is 3.52. The molecule has 2 nitrogen and oxygen atoms in total. The molecule has 0 N–H and O–H groups in total. The fourth-order valence-corrected chi connectivity index (χ4v) is 1.72. The van der Waals surface area contributed by atoms with Crippen LogP contribution in [-0.4, -0.2) is 9.78 Å². The first kappa shape index (κ1) is 10.3. The summed E-state index contributed by atoms with van der Waals surface area (Å²) in [6.45, 7) is 0. The lowest BCUT2D eigenvalue weighted by atomic mass is 10.3. The average molecular weight is 273 g/mol. The summed E-state index contributed by atoms with van der Waals surface area (Å²) in [5, 5.41) is 4.47. The SMILES string of the molecule is Fc1ccc(F)c(-n2nccc2CBr)c1. The van der Waals surface area contributed by atoms with Crippen molar-refractivity contribution in [3.63, 3.8) is 0 Å². The molecule has 2 rings (SSSR count). The Kier molecular flexibility index (Phi) is 2.81. The number of halogens is 3. The maximum absolute atomic E-state index is 13.4. The second kappa shape index (κ2) is 4.10. The van der Waals surface area contributed by atoms with Crippen LogP contribution in [0.5, 0.6) is 0 Å². The van der Waals surface area contributed by atoms with Crippen LogP contribution in [-0.2, 0) is 5.33 Å². The monoisotopic (exact) mass is 272 g/mol. The van der Waals surface area contributed by atoms with Crippen molar-refractivity contribution in [3.05, 3.63) is 47.8 Å². The van der Waals surface area contributed by atoms with E-state index in [4.69, 9.17) is 0 Å². The van der Waals surface area contributed by atoms with Gasteiger partial charge in [-0.3, -0.25) is 0 Å². The Morgan fingerprint density at radius 1 is 1.27 bits per heavy atom. The molecule has 0 unspecified atom stereocenters. The van der Waals surface area contributed by atoms with Gasteiger partial charge in [-0.25, -0.2) is 13.5 Å². The van der Waals surface area contributed by atoms with Crippen molar-refractivity contribution >= 4 is 15.9 Å². The molecule has 0 bridgehead atoms. The first-order chi connectivity index (χ1) is 7.22. The Labute approximate surface area is 93.7 Å². The zero-order chi connectivity index (χ0) is 10.8. The summed E-state index contributed by atoms with van der Waals surface area (Å²) in [4.78, 5) is 0. The van der Waals surface area contributed by atoms with Crippen LogP contribution in [0.1, 0.15) is 5.69 Å². The lowest BCUT2D eigenvalue weighted by Crippen LogP contribution is -2.03. The van der Waals surface area contributed by atoms with E-state index in [1.165, 1.54) is 4.68 Å². The molecule has 15 heavy (non-hydrogen) atoms. The van der Waals surface area contributed by atoms with Crippen LogP contribution in [0.2, 0.25) is 0 Å². The van der Waals surface area contributed by atoms with Crippen LogP contribution in [0.4, 0.5) is 8.78 Å². The molecule has 0 amide bonds. The predicted molar refractivity (Wildman–Crippen MR) is 56.1 cm³/mol. The maximum atomic E-state index is 13.4. The molecular formula is C10H7BrF2N2. The number of rotatable bonds is 2. The standard InChI is InChI=1S/C10H7BrF2N2/c11-6-8-3-4-14-15(8)10-5-7(12)1-2-9(10)13/h1-5H,6H2. The fourth-order valence-electron chi connectivity index (χ4n) is 1.30. The Hall–Kier alpha value is -1.23. The van der Waals surface area contributed by atoms with E-state index < -0.39 is 11.6 Å². The Morgan fingerprint density at radius 3 is 2.80 bits per heavy atom. The van der Waals surface area contributed by atoms with E-state index >= 15 is 0 Å². The highest BCUT2D eigenvalue weighted by atomic mass is 79.9. The van der Waals surface area contributed by atoms with Crippen molar-refractivity contribution in [2.24, 2.45) is 0 Å². The van der Waals surface area contributed by atoms with Crippen molar-refractivity contribution in [1.29, 1.82) is 0 Å². The van der Waals surface area contributed by atoms with Gasteiger partial charge in [0, 0.05) is 17.6 Å². The average Bonchev–Trinajstić information content (AvgIpc) is 2.69. The highest BCUT2D eigenvalue weighted by Crippen LogP contribution is 2.17. The molecule has 5 heteroatoms. The molecule has 1 heterocycles. The summed E-state index contributed by atoms with van der Waals surface area (Å²) < 4.78 is 27.7. The van der Waals surface area contributed by atoms with Gasteiger partial charge in [-0.2, -0.15) is 5.10 Å². The number of hydrogen-bond donors (Lipinski definition) is 0. The number of hydrogen-bond acceptors (Lipinski definition) is 1. The third kappa shape index (κ3) is 1.92. The van der Waals surface area contributed by atoms with E-state index in [0.717, 1.165) is 23.9 Å². The first-order valence-electron chi connectivity index (χ1n) is 4.26. The molecule has 2 aromatic rings. The van der Waals surface area contributed by atoms with Crippen LogP contribution in [0.15, 0.2) is 30.5 Å². The van der Waals surface area contributed by atoms with Crippen molar-refractivity contribution in [3.8, 4) is 5.69 Å².